The third-order valence-corrected chi connectivity index (χ3v) is 5.48. The molecule has 25 heavy (non-hydrogen) atoms. The van der Waals surface area contributed by atoms with Gasteiger partial charge < -0.3 is 4.74 Å². The molecule has 1 fully saturated rings. The molecular weight excluding hydrogens is 304 g/mol. The second kappa shape index (κ2) is 9.01. The van der Waals surface area contributed by atoms with E-state index < -0.39 is 0 Å². The lowest BCUT2D eigenvalue weighted by Crippen LogP contribution is -2.12. The Balaban J connectivity index is 1.55. The third-order valence-electron chi connectivity index (χ3n) is 5.48. The summed E-state index contributed by atoms with van der Waals surface area (Å²) in [4.78, 5) is 0. The van der Waals surface area contributed by atoms with Gasteiger partial charge in [-0.3, -0.25) is 0 Å². The van der Waals surface area contributed by atoms with E-state index >= 15 is 0 Å². The van der Waals surface area contributed by atoms with Crippen LogP contribution in [0.1, 0.15) is 66.7 Å². The normalized spacial score (nSPS) is 20.4. The third kappa shape index (κ3) is 4.83. The molecule has 0 amide bonds. The number of hydrogen-bond acceptors (Lipinski definition) is 1. The standard InChI is InChI=1S/C24H30O/c1-3-5-19-6-10-21(11-7-19)23-14-16-24(17-15-23)22-12-8-20(9-13-22)18-25-4-2/h3,6-13,23-24H,1,4-5,14-18H2,2H3. The zero-order chi connectivity index (χ0) is 17.5. The molecule has 0 N–H and O–H groups in total. The minimum Gasteiger partial charge on any atom is -0.377 e. The van der Waals surface area contributed by atoms with Gasteiger partial charge >= 0.3 is 0 Å². The molecule has 1 saturated carbocycles. The second-order valence-electron chi connectivity index (χ2n) is 7.16. The summed E-state index contributed by atoms with van der Waals surface area (Å²) in [5.41, 5.74) is 5.65. The van der Waals surface area contributed by atoms with Crippen LogP contribution in [0.15, 0.2) is 61.2 Å². The van der Waals surface area contributed by atoms with Crippen LogP contribution in [0.4, 0.5) is 0 Å². The SMILES string of the molecule is C=CCc1ccc(C2CCC(c3ccc(COCC)cc3)CC2)cc1. The van der Waals surface area contributed by atoms with E-state index in [1.165, 1.54) is 47.9 Å². The molecule has 0 aromatic heterocycles. The van der Waals surface area contributed by atoms with Crippen molar-refractivity contribution >= 4 is 0 Å². The molecule has 0 unspecified atom stereocenters. The summed E-state index contributed by atoms with van der Waals surface area (Å²) in [5.74, 6) is 1.45. The summed E-state index contributed by atoms with van der Waals surface area (Å²) in [5, 5.41) is 0. The van der Waals surface area contributed by atoms with Crippen LogP contribution >= 0.6 is 0 Å². The van der Waals surface area contributed by atoms with Crippen molar-refractivity contribution in [2.45, 2.75) is 57.5 Å². The Morgan fingerprint density at radius 3 is 1.76 bits per heavy atom. The van der Waals surface area contributed by atoms with Gasteiger partial charge in [0.1, 0.15) is 0 Å². The van der Waals surface area contributed by atoms with E-state index in [2.05, 4.69) is 55.1 Å². The molecule has 0 radical (unpaired) electrons. The van der Waals surface area contributed by atoms with Gasteiger partial charge in [0.25, 0.3) is 0 Å². The number of allylic oxidation sites excluding steroid dienone is 1. The van der Waals surface area contributed by atoms with Gasteiger partial charge in [-0.1, -0.05) is 54.6 Å². The van der Waals surface area contributed by atoms with Crippen molar-refractivity contribution in [3.05, 3.63) is 83.4 Å². The van der Waals surface area contributed by atoms with Crippen molar-refractivity contribution in [2.24, 2.45) is 0 Å². The van der Waals surface area contributed by atoms with E-state index in [0.717, 1.165) is 31.5 Å². The molecule has 1 nitrogen and oxygen atoms in total. The fraction of sp³-hybridized carbons (Fsp3) is 0.417. The van der Waals surface area contributed by atoms with E-state index in [0.29, 0.717) is 0 Å². The molecule has 0 atom stereocenters. The van der Waals surface area contributed by atoms with Crippen molar-refractivity contribution in [3.63, 3.8) is 0 Å². The minimum absolute atomic E-state index is 0.720. The molecule has 0 heterocycles. The Hall–Kier alpha value is -1.86. The smallest absolute Gasteiger partial charge is 0.0716 e. The first-order valence-electron chi connectivity index (χ1n) is 9.66. The van der Waals surface area contributed by atoms with Crippen molar-refractivity contribution < 1.29 is 4.74 Å². The monoisotopic (exact) mass is 334 g/mol. The summed E-state index contributed by atoms with van der Waals surface area (Å²) in [7, 11) is 0. The second-order valence-corrected chi connectivity index (χ2v) is 7.16. The zero-order valence-electron chi connectivity index (χ0n) is 15.4. The Bertz CT molecular complexity index is 645. The van der Waals surface area contributed by atoms with Crippen molar-refractivity contribution in [1.82, 2.24) is 0 Å². The van der Waals surface area contributed by atoms with Gasteiger partial charge in [0.2, 0.25) is 0 Å². The highest BCUT2D eigenvalue weighted by molar-refractivity contribution is 5.29. The summed E-state index contributed by atoms with van der Waals surface area (Å²) in [6.45, 7) is 7.37. The predicted molar refractivity (Wildman–Crippen MR) is 106 cm³/mol. The van der Waals surface area contributed by atoms with Crippen molar-refractivity contribution in [1.29, 1.82) is 0 Å². The first-order chi connectivity index (χ1) is 12.3. The quantitative estimate of drug-likeness (QED) is 0.533. The fourth-order valence-corrected chi connectivity index (χ4v) is 3.96. The lowest BCUT2D eigenvalue weighted by Gasteiger charge is -2.29. The maximum atomic E-state index is 5.49. The number of rotatable bonds is 7. The van der Waals surface area contributed by atoms with E-state index in [4.69, 9.17) is 4.74 Å². The van der Waals surface area contributed by atoms with Crippen LogP contribution in [0.3, 0.4) is 0 Å². The van der Waals surface area contributed by atoms with Crippen LogP contribution in [0.5, 0.6) is 0 Å². The maximum Gasteiger partial charge on any atom is 0.0716 e. The van der Waals surface area contributed by atoms with E-state index in [9.17, 15) is 0 Å². The van der Waals surface area contributed by atoms with E-state index in [-0.39, 0.29) is 0 Å². The maximum absolute atomic E-state index is 5.49. The molecule has 0 aliphatic heterocycles. The Kier molecular flexibility index (Phi) is 6.47. The molecule has 0 saturated heterocycles. The number of ether oxygens (including phenoxy) is 1. The average molecular weight is 335 g/mol. The largest absolute Gasteiger partial charge is 0.377 e. The summed E-state index contributed by atoms with van der Waals surface area (Å²) in [6, 6.07) is 18.3. The molecule has 2 aromatic rings. The predicted octanol–water partition coefficient (Wildman–Crippen LogP) is 6.39. The molecule has 0 bridgehead atoms. The molecular formula is C24H30O. The molecule has 0 spiro atoms. The highest BCUT2D eigenvalue weighted by atomic mass is 16.5. The highest BCUT2D eigenvalue weighted by Gasteiger charge is 2.23. The van der Waals surface area contributed by atoms with Gasteiger partial charge in [-0.2, -0.15) is 0 Å². The topological polar surface area (TPSA) is 9.23 Å². The van der Waals surface area contributed by atoms with Crippen LogP contribution in [-0.4, -0.2) is 6.61 Å². The Labute approximate surface area is 152 Å². The molecule has 1 aliphatic rings. The first-order valence-corrected chi connectivity index (χ1v) is 9.66. The fourth-order valence-electron chi connectivity index (χ4n) is 3.96. The summed E-state index contributed by atoms with van der Waals surface area (Å²) in [6.07, 6.45) is 8.12. The lowest BCUT2D eigenvalue weighted by atomic mass is 9.76. The number of benzene rings is 2. The average Bonchev–Trinajstić information content (AvgIpc) is 2.68. The summed E-state index contributed by atoms with van der Waals surface area (Å²) < 4.78 is 5.49. The van der Waals surface area contributed by atoms with Crippen LogP contribution in [-0.2, 0) is 17.8 Å². The summed E-state index contributed by atoms with van der Waals surface area (Å²) >= 11 is 0. The van der Waals surface area contributed by atoms with Crippen molar-refractivity contribution in [2.75, 3.05) is 6.61 Å². The molecule has 1 aliphatic carbocycles. The van der Waals surface area contributed by atoms with Gasteiger partial charge in [0.15, 0.2) is 0 Å². The lowest BCUT2D eigenvalue weighted by molar-refractivity contribution is 0.134. The Morgan fingerprint density at radius 2 is 1.32 bits per heavy atom. The van der Waals surface area contributed by atoms with Gasteiger partial charge in [0.05, 0.1) is 6.61 Å². The van der Waals surface area contributed by atoms with Crippen molar-refractivity contribution in [3.8, 4) is 0 Å². The molecule has 132 valence electrons. The van der Waals surface area contributed by atoms with Crippen LogP contribution in [0.2, 0.25) is 0 Å². The van der Waals surface area contributed by atoms with Gasteiger partial charge in [0, 0.05) is 6.61 Å². The Morgan fingerprint density at radius 1 is 0.840 bits per heavy atom. The highest BCUT2D eigenvalue weighted by Crippen LogP contribution is 2.40. The van der Waals surface area contributed by atoms with Crippen LogP contribution < -0.4 is 0 Å². The first kappa shape index (κ1) is 17.9. The van der Waals surface area contributed by atoms with Gasteiger partial charge in [-0.25, -0.2) is 0 Å². The van der Waals surface area contributed by atoms with Crippen LogP contribution in [0, 0.1) is 0 Å². The van der Waals surface area contributed by atoms with E-state index in [1.54, 1.807) is 0 Å². The molecule has 2 aromatic carbocycles. The van der Waals surface area contributed by atoms with Crippen LogP contribution in [0.25, 0.3) is 0 Å². The number of hydrogen-bond donors (Lipinski definition) is 0. The molecule has 1 heteroatoms. The van der Waals surface area contributed by atoms with E-state index in [1.807, 2.05) is 13.0 Å². The minimum atomic E-state index is 0.720. The zero-order valence-corrected chi connectivity index (χ0v) is 15.4. The molecule has 3 rings (SSSR count). The van der Waals surface area contributed by atoms with Gasteiger partial charge in [-0.15, -0.1) is 6.58 Å². The van der Waals surface area contributed by atoms with Gasteiger partial charge in [-0.05, 0) is 73.1 Å².